The molecule has 0 spiro atoms. The van der Waals surface area contributed by atoms with Crippen LogP contribution in [0.5, 0.6) is 11.5 Å². The monoisotopic (exact) mass is 253 g/mol. The van der Waals surface area contributed by atoms with E-state index >= 15 is 0 Å². The summed E-state index contributed by atoms with van der Waals surface area (Å²) < 4.78 is 16.0. The Morgan fingerprint density at radius 2 is 1.94 bits per heavy atom. The predicted molar refractivity (Wildman–Crippen MR) is 72.3 cm³/mol. The average molecular weight is 253 g/mol. The second-order valence-electron chi connectivity index (χ2n) is 4.32. The Bertz CT molecular complexity index is 353. The number of rotatable bonds is 8. The van der Waals surface area contributed by atoms with Gasteiger partial charge in [0, 0.05) is 20.2 Å². The minimum atomic E-state index is 0.143. The first kappa shape index (κ1) is 14.8. The minimum absolute atomic E-state index is 0.143. The topological polar surface area (TPSA) is 39.7 Å². The van der Waals surface area contributed by atoms with Crippen molar-refractivity contribution in [3.8, 4) is 11.5 Å². The lowest BCUT2D eigenvalue weighted by atomic mass is 10.2. The molecule has 0 saturated heterocycles. The largest absolute Gasteiger partial charge is 0.493 e. The second kappa shape index (κ2) is 7.95. The molecule has 0 aromatic heterocycles. The normalized spacial score (nSPS) is 10.7. The maximum absolute atomic E-state index is 5.67. The summed E-state index contributed by atoms with van der Waals surface area (Å²) in [5.74, 6) is 1.56. The van der Waals surface area contributed by atoms with E-state index in [1.165, 1.54) is 5.56 Å². The zero-order valence-electron chi connectivity index (χ0n) is 11.7. The molecule has 0 amide bonds. The lowest BCUT2D eigenvalue weighted by Crippen LogP contribution is -2.18. The van der Waals surface area contributed by atoms with Gasteiger partial charge < -0.3 is 19.5 Å². The van der Waals surface area contributed by atoms with E-state index in [9.17, 15) is 0 Å². The molecule has 0 aliphatic carbocycles. The van der Waals surface area contributed by atoms with E-state index in [0.717, 1.165) is 24.6 Å². The van der Waals surface area contributed by atoms with Gasteiger partial charge in [0.1, 0.15) is 0 Å². The summed E-state index contributed by atoms with van der Waals surface area (Å²) in [5, 5.41) is 3.29. The molecule has 0 radical (unpaired) electrons. The third-order valence-electron chi connectivity index (χ3n) is 2.40. The zero-order valence-corrected chi connectivity index (χ0v) is 11.7. The average Bonchev–Trinajstić information content (AvgIpc) is 2.35. The maximum atomic E-state index is 5.67. The van der Waals surface area contributed by atoms with Crippen LogP contribution in [0.2, 0.25) is 0 Å². The van der Waals surface area contributed by atoms with Crippen LogP contribution in [0.1, 0.15) is 19.4 Å². The van der Waals surface area contributed by atoms with Crippen molar-refractivity contribution < 1.29 is 14.2 Å². The maximum Gasteiger partial charge on any atom is 0.161 e. The number of benzene rings is 1. The van der Waals surface area contributed by atoms with Gasteiger partial charge in [0.05, 0.1) is 19.8 Å². The molecule has 0 aliphatic rings. The molecule has 1 aromatic rings. The first-order valence-electron chi connectivity index (χ1n) is 6.20. The molecule has 0 unspecified atom stereocenters. The van der Waals surface area contributed by atoms with Crippen LogP contribution in [-0.2, 0) is 11.3 Å². The molecule has 1 aromatic carbocycles. The van der Waals surface area contributed by atoms with Crippen LogP contribution in [0.4, 0.5) is 0 Å². The SMILES string of the molecule is COCCNCc1ccc(OC(C)C)c(OC)c1. The van der Waals surface area contributed by atoms with E-state index in [1.807, 2.05) is 32.0 Å². The molecule has 0 atom stereocenters. The van der Waals surface area contributed by atoms with Gasteiger partial charge in [-0.25, -0.2) is 0 Å². The van der Waals surface area contributed by atoms with Crippen LogP contribution in [0.3, 0.4) is 0 Å². The van der Waals surface area contributed by atoms with Gasteiger partial charge in [-0.1, -0.05) is 6.07 Å². The quantitative estimate of drug-likeness (QED) is 0.721. The summed E-state index contributed by atoms with van der Waals surface area (Å²) >= 11 is 0. The van der Waals surface area contributed by atoms with Crippen LogP contribution < -0.4 is 14.8 Å². The van der Waals surface area contributed by atoms with Gasteiger partial charge in [0.15, 0.2) is 11.5 Å². The third kappa shape index (κ3) is 4.94. The summed E-state index contributed by atoms with van der Waals surface area (Å²) in [4.78, 5) is 0. The van der Waals surface area contributed by atoms with Gasteiger partial charge in [-0.05, 0) is 31.5 Å². The van der Waals surface area contributed by atoms with E-state index in [0.29, 0.717) is 6.61 Å². The zero-order chi connectivity index (χ0) is 13.4. The Morgan fingerprint density at radius 3 is 2.56 bits per heavy atom. The predicted octanol–water partition coefficient (Wildman–Crippen LogP) is 2.22. The Morgan fingerprint density at radius 1 is 1.17 bits per heavy atom. The van der Waals surface area contributed by atoms with Gasteiger partial charge >= 0.3 is 0 Å². The molecule has 4 nitrogen and oxygen atoms in total. The van der Waals surface area contributed by atoms with E-state index in [4.69, 9.17) is 14.2 Å². The summed E-state index contributed by atoms with van der Waals surface area (Å²) in [7, 11) is 3.35. The minimum Gasteiger partial charge on any atom is -0.493 e. The van der Waals surface area contributed by atoms with Gasteiger partial charge in [-0.3, -0.25) is 0 Å². The molecule has 0 bridgehead atoms. The molecule has 0 saturated carbocycles. The standard InChI is InChI=1S/C14H23NO3/c1-11(2)18-13-6-5-12(9-14(13)17-4)10-15-7-8-16-3/h5-6,9,11,15H,7-8,10H2,1-4H3. The van der Waals surface area contributed by atoms with E-state index in [1.54, 1.807) is 14.2 Å². The van der Waals surface area contributed by atoms with E-state index in [2.05, 4.69) is 5.32 Å². The Hall–Kier alpha value is -1.26. The number of hydrogen-bond donors (Lipinski definition) is 1. The van der Waals surface area contributed by atoms with Crippen molar-refractivity contribution in [3.05, 3.63) is 23.8 Å². The molecule has 1 rings (SSSR count). The van der Waals surface area contributed by atoms with Crippen molar-refractivity contribution in [2.24, 2.45) is 0 Å². The highest BCUT2D eigenvalue weighted by Crippen LogP contribution is 2.28. The first-order chi connectivity index (χ1) is 8.67. The fraction of sp³-hybridized carbons (Fsp3) is 0.571. The van der Waals surface area contributed by atoms with E-state index < -0.39 is 0 Å². The molecule has 0 heterocycles. The Kier molecular flexibility index (Phi) is 6.54. The van der Waals surface area contributed by atoms with Crippen LogP contribution in [-0.4, -0.2) is 33.5 Å². The van der Waals surface area contributed by atoms with Crippen molar-refractivity contribution in [2.75, 3.05) is 27.4 Å². The van der Waals surface area contributed by atoms with Gasteiger partial charge in [0.25, 0.3) is 0 Å². The van der Waals surface area contributed by atoms with Crippen molar-refractivity contribution in [1.82, 2.24) is 5.32 Å². The molecule has 4 heteroatoms. The van der Waals surface area contributed by atoms with Crippen LogP contribution in [0.25, 0.3) is 0 Å². The summed E-state index contributed by atoms with van der Waals surface area (Å²) in [6, 6.07) is 5.99. The lowest BCUT2D eigenvalue weighted by Gasteiger charge is -2.14. The Labute approximate surface area is 109 Å². The molecular weight excluding hydrogens is 230 g/mol. The van der Waals surface area contributed by atoms with Crippen LogP contribution in [0, 0.1) is 0 Å². The number of ether oxygens (including phenoxy) is 3. The molecule has 18 heavy (non-hydrogen) atoms. The number of methoxy groups -OCH3 is 2. The third-order valence-corrected chi connectivity index (χ3v) is 2.40. The van der Waals surface area contributed by atoms with Crippen molar-refractivity contribution in [3.63, 3.8) is 0 Å². The van der Waals surface area contributed by atoms with Crippen LogP contribution >= 0.6 is 0 Å². The highest BCUT2D eigenvalue weighted by atomic mass is 16.5. The fourth-order valence-electron chi connectivity index (χ4n) is 1.58. The van der Waals surface area contributed by atoms with Crippen LogP contribution in [0.15, 0.2) is 18.2 Å². The van der Waals surface area contributed by atoms with Crippen molar-refractivity contribution >= 4 is 0 Å². The molecule has 1 N–H and O–H groups in total. The van der Waals surface area contributed by atoms with Crippen molar-refractivity contribution in [1.29, 1.82) is 0 Å². The van der Waals surface area contributed by atoms with Gasteiger partial charge in [0.2, 0.25) is 0 Å². The smallest absolute Gasteiger partial charge is 0.161 e. The highest BCUT2D eigenvalue weighted by Gasteiger charge is 2.07. The highest BCUT2D eigenvalue weighted by molar-refractivity contribution is 5.43. The van der Waals surface area contributed by atoms with Crippen molar-refractivity contribution in [2.45, 2.75) is 26.5 Å². The first-order valence-corrected chi connectivity index (χ1v) is 6.20. The molecule has 0 fully saturated rings. The lowest BCUT2D eigenvalue weighted by molar-refractivity contribution is 0.199. The summed E-state index contributed by atoms with van der Waals surface area (Å²) in [6.45, 7) is 6.34. The van der Waals surface area contributed by atoms with Gasteiger partial charge in [-0.2, -0.15) is 0 Å². The van der Waals surface area contributed by atoms with Gasteiger partial charge in [-0.15, -0.1) is 0 Å². The molecular formula is C14H23NO3. The molecule has 102 valence electrons. The number of hydrogen-bond acceptors (Lipinski definition) is 4. The Balaban J connectivity index is 2.60. The molecule has 0 aliphatic heterocycles. The fourth-order valence-corrected chi connectivity index (χ4v) is 1.58. The second-order valence-corrected chi connectivity index (χ2v) is 4.32. The number of nitrogens with one attached hydrogen (secondary N) is 1. The van der Waals surface area contributed by atoms with E-state index in [-0.39, 0.29) is 6.10 Å². The summed E-state index contributed by atoms with van der Waals surface area (Å²) in [6.07, 6.45) is 0.143. The summed E-state index contributed by atoms with van der Waals surface area (Å²) in [5.41, 5.74) is 1.17.